The van der Waals surface area contributed by atoms with Gasteiger partial charge in [0, 0.05) is 6.04 Å². The number of rotatable bonds is 4. The topological polar surface area (TPSA) is 26.0 Å². The van der Waals surface area contributed by atoms with Gasteiger partial charge in [0.25, 0.3) is 0 Å². The van der Waals surface area contributed by atoms with Crippen LogP contribution in [0.3, 0.4) is 0 Å². The number of aryl methyl sites for hydroxylation is 1. The van der Waals surface area contributed by atoms with Crippen molar-refractivity contribution in [3.63, 3.8) is 0 Å². The summed E-state index contributed by atoms with van der Waals surface area (Å²) in [7, 11) is 0. The van der Waals surface area contributed by atoms with Crippen LogP contribution in [-0.4, -0.2) is 0 Å². The Kier molecular flexibility index (Phi) is 3.39. The lowest BCUT2D eigenvalue weighted by Gasteiger charge is -2.13. The summed E-state index contributed by atoms with van der Waals surface area (Å²) in [6, 6.07) is 19.7. The van der Waals surface area contributed by atoms with E-state index in [2.05, 4.69) is 61.5 Å². The monoisotopic (exact) mass is 251 g/mol. The fraction of sp³-hybridized carbons (Fsp3) is 0.333. The Labute approximate surface area is 115 Å². The number of hydrogen-bond acceptors (Lipinski definition) is 1. The van der Waals surface area contributed by atoms with Gasteiger partial charge in [-0.1, -0.05) is 61.5 Å². The van der Waals surface area contributed by atoms with E-state index in [1.54, 1.807) is 0 Å². The number of hydrogen-bond donors (Lipinski definition) is 1. The van der Waals surface area contributed by atoms with Gasteiger partial charge in [-0.2, -0.15) is 0 Å². The molecule has 2 aromatic rings. The van der Waals surface area contributed by atoms with Crippen molar-refractivity contribution in [2.45, 2.75) is 31.7 Å². The lowest BCUT2D eigenvalue weighted by molar-refractivity contribution is 0.615. The molecule has 1 aliphatic carbocycles. The van der Waals surface area contributed by atoms with Gasteiger partial charge in [0.15, 0.2) is 0 Å². The summed E-state index contributed by atoms with van der Waals surface area (Å²) in [6.45, 7) is 2.19. The molecule has 2 N–H and O–H groups in total. The van der Waals surface area contributed by atoms with E-state index in [4.69, 9.17) is 5.73 Å². The van der Waals surface area contributed by atoms with Gasteiger partial charge >= 0.3 is 0 Å². The molecule has 3 atom stereocenters. The minimum atomic E-state index is 0.178. The van der Waals surface area contributed by atoms with Gasteiger partial charge in [-0.25, -0.2) is 0 Å². The van der Waals surface area contributed by atoms with Crippen LogP contribution in [0, 0.1) is 5.92 Å². The third-order valence-corrected chi connectivity index (χ3v) is 4.27. The minimum Gasteiger partial charge on any atom is -0.324 e. The summed E-state index contributed by atoms with van der Waals surface area (Å²) >= 11 is 0. The normalized spacial score (nSPS) is 23.1. The molecule has 0 spiro atoms. The molecule has 0 heterocycles. The maximum absolute atomic E-state index is 6.45. The predicted molar refractivity (Wildman–Crippen MR) is 80.0 cm³/mol. The van der Waals surface area contributed by atoms with Crippen molar-refractivity contribution >= 4 is 0 Å². The first-order chi connectivity index (χ1) is 9.29. The molecule has 1 heteroatoms. The Morgan fingerprint density at radius 2 is 1.89 bits per heavy atom. The van der Waals surface area contributed by atoms with Crippen molar-refractivity contribution < 1.29 is 0 Å². The molecular formula is C18H21N. The van der Waals surface area contributed by atoms with Crippen LogP contribution in [0.2, 0.25) is 0 Å². The quantitative estimate of drug-likeness (QED) is 0.871. The molecule has 0 bridgehead atoms. The van der Waals surface area contributed by atoms with Crippen molar-refractivity contribution in [2.24, 2.45) is 11.7 Å². The Hall–Kier alpha value is -1.60. The largest absolute Gasteiger partial charge is 0.324 e. The second kappa shape index (κ2) is 5.18. The maximum atomic E-state index is 6.45. The van der Waals surface area contributed by atoms with Crippen LogP contribution in [-0.2, 0) is 6.42 Å². The van der Waals surface area contributed by atoms with Crippen LogP contribution in [0.15, 0.2) is 54.6 Å². The molecular weight excluding hydrogens is 230 g/mol. The Bertz CT molecular complexity index is 547. The molecule has 19 heavy (non-hydrogen) atoms. The second-order valence-corrected chi connectivity index (χ2v) is 5.54. The molecule has 0 aliphatic heterocycles. The molecule has 1 nitrogen and oxygen atoms in total. The van der Waals surface area contributed by atoms with Gasteiger partial charge in [-0.05, 0) is 41.4 Å². The summed E-state index contributed by atoms with van der Waals surface area (Å²) in [5, 5.41) is 0. The third kappa shape index (κ3) is 2.57. The van der Waals surface area contributed by atoms with Gasteiger partial charge in [0.2, 0.25) is 0 Å². The molecule has 1 saturated carbocycles. The standard InChI is InChI=1S/C18H21N/c1-2-13-7-6-10-15(11-13)18(19)17-12-16(17)14-8-4-3-5-9-14/h3-11,16-18H,2,12,19H2,1H3. The molecule has 2 aromatic carbocycles. The van der Waals surface area contributed by atoms with Gasteiger partial charge < -0.3 is 5.73 Å². The highest BCUT2D eigenvalue weighted by Gasteiger charge is 2.42. The Morgan fingerprint density at radius 3 is 2.63 bits per heavy atom. The SMILES string of the molecule is CCc1cccc(C(N)C2CC2c2ccccc2)c1. The third-order valence-electron chi connectivity index (χ3n) is 4.27. The first-order valence-corrected chi connectivity index (χ1v) is 7.19. The van der Waals surface area contributed by atoms with Crippen molar-refractivity contribution in [1.29, 1.82) is 0 Å². The Balaban J connectivity index is 1.74. The van der Waals surface area contributed by atoms with E-state index >= 15 is 0 Å². The van der Waals surface area contributed by atoms with Crippen molar-refractivity contribution in [3.05, 3.63) is 71.3 Å². The Morgan fingerprint density at radius 1 is 1.11 bits per heavy atom. The second-order valence-electron chi connectivity index (χ2n) is 5.54. The summed E-state index contributed by atoms with van der Waals surface area (Å²) < 4.78 is 0. The van der Waals surface area contributed by atoms with Crippen LogP contribution in [0.5, 0.6) is 0 Å². The zero-order chi connectivity index (χ0) is 13.2. The summed E-state index contributed by atoms with van der Waals surface area (Å²) in [5.41, 5.74) is 10.6. The summed E-state index contributed by atoms with van der Waals surface area (Å²) in [4.78, 5) is 0. The van der Waals surface area contributed by atoms with Crippen LogP contribution >= 0.6 is 0 Å². The fourth-order valence-corrected chi connectivity index (χ4v) is 2.96. The van der Waals surface area contributed by atoms with Crippen LogP contribution in [0.25, 0.3) is 0 Å². The van der Waals surface area contributed by atoms with E-state index < -0.39 is 0 Å². The molecule has 1 fully saturated rings. The van der Waals surface area contributed by atoms with Gasteiger partial charge in [-0.3, -0.25) is 0 Å². The summed E-state index contributed by atoms with van der Waals surface area (Å²) in [5.74, 6) is 1.26. The zero-order valence-electron chi connectivity index (χ0n) is 11.4. The summed E-state index contributed by atoms with van der Waals surface area (Å²) in [6.07, 6.45) is 2.30. The number of benzene rings is 2. The van der Waals surface area contributed by atoms with Crippen molar-refractivity contribution in [3.8, 4) is 0 Å². The molecule has 98 valence electrons. The maximum Gasteiger partial charge on any atom is 0.0329 e. The van der Waals surface area contributed by atoms with E-state index in [0.29, 0.717) is 11.8 Å². The van der Waals surface area contributed by atoms with Gasteiger partial charge in [0.1, 0.15) is 0 Å². The highest BCUT2D eigenvalue weighted by atomic mass is 14.7. The van der Waals surface area contributed by atoms with E-state index in [0.717, 1.165) is 6.42 Å². The van der Waals surface area contributed by atoms with E-state index in [1.807, 2.05) is 0 Å². The molecule has 3 unspecified atom stereocenters. The predicted octanol–water partition coefficient (Wildman–Crippen LogP) is 4.05. The van der Waals surface area contributed by atoms with Crippen LogP contribution < -0.4 is 5.73 Å². The van der Waals surface area contributed by atoms with Gasteiger partial charge in [0.05, 0.1) is 0 Å². The van der Waals surface area contributed by atoms with E-state index in [1.165, 1.54) is 23.1 Å². The van der Waals surface area contributed by atoms with Crippen LogP contribution in [0.1, 0.15) is 42.0 Å². The molecule has 0 saturated heterocycles. The number of nitrogens with two attached hydrogens (primary N) is 1. The highest BCUT2D eigenvalue weighted by Crippen LogP contribution is 2.53. The van der Waals surface area contributed by atoms with Crippen molar-refractivity contribution in [2.75, 3.05) is 0 Å². The first-order valence-electron chi connectivity index (χ1n) is 7.19. The molecule has 0 aromatic heterocycles. The van der Waals surface area contributed by atoms with Crippen LogP contribution in [0.4, 0.5) is 0 Å². The molecule has 3 rings (SSSR count). The zero-order valence-corrected chi connectivity index (χ0v) is 11.4. The molecule has 0 amide bonds. The highest BCUT2D eigenvalue weighted by molar-refractivity contribution is 5.32. The van der Waals surface area contributed by atoms with Crippen molar-refractivity contribution in [1.82, 2.24) is 0 Å². The lowest BCUT2D eigenvalue weighted by Crippen LogP contribution is -2.13. The smallest absolute Gasteiger partial charge is 0.0329 e. The molecule has 0 radical (unpaired) electrons. The fourth-order valence-electron chi connectivity index (χ4n) is 2.96. The minimum absolute atomic E-state index is 0.178. The van der Waals surface area contributed by atoms with E-state index in [9.17, 15) is 0 Å². The first kappa shape index (κ1) is 12.4. The lowest BCUT2D eigenvalue weighted by atomic mass is 9.97. The van der Waals surface area contributed by atoms with E-state index in [-0.39, 0.29) is 6.04 Å². The average Bonchev–Trinajstić information content (AvgIpc) is 3.28. The van der Waals surface area contributed by atoms with Gasteiger partial charge in [-0.15, -0.1) is 0 Å². The average molecular weight is 251 g/mol. The molecule has 1 aliphatic rings.